The van der Waals surface area contributed by atoms with Gasteiger partial charge < -0.3 is 42.6 Å². The predicted octanol–water partition coefficient (Wildman–Crippen LogP) is 14.2. The summed E-state index contributed by atoms with van der Waals surface area (Å²) >= 11 is 0. The lowest BCUT2D eigenvalue weighted by atomic mass is 10.1. The van der Waals surface area contributed by atoms with Crippen LogP contribution in [0.5, 0.6) is 34.5 Å². The molecule has 378 valence electrons. The number of unbranched alkanes of at least 4 members (excludes halogenated alkanes) is 15. The molecule has 0 heterocycles. The first-order valence-electron chi connectivity index (χ1n) is 25.8. The van der Waals surface area contributed by atoms with Crippen LogP contribution in [-0.2, 0) is 14.2 Å². The Morgan fingerprint density at radius 1 is 0.275 bits per heavy atom. The van der Waals surface area contributed by atoms with E-state index in [0.29, 0.717) is 59.5 Å². The van der Waals surface area contributed by atoms with Crippen LogP contribution in [0.4, 0.5) is 0 Å². The van der Waals surface area contributed by atoms with Crippen molar-refractivity contribution in [2.24, 2.45) is 0 Å². The number of nitrogens with one attached hydrogen (secondary N) is 3. The molecule has 0 radical (unpaired) electrons. The molecule has 12 nitrogen and oxygen atoms in total. The van der Waals surface area contributed by atoms with Crippen LogP contribution in [0.2, 0.25) is 0 Å². The Morgan fingerprint density at radius 2 is 0.464 bits per heavy atom. The maximum absolute atomic E-state index is 7.91. The molecule has 0 unspecified atom stereocenters. The number of rotatable bonds is 39. The average molecular weight is 952 g/mol. The monoisotopic (exact) mass is 952 g/mol. The zero-order chi connectivity index (χ0) is 49.0. The molecule has 0 aromatic heterocycles. The van der Waals surface area contributed by atoms with Gasteiger partial charge in [0.15, 0.2) is 0 Å². The highest BCUT2D eigenvalue weighted by Crippen LogP contribution is 2.29. The predicted molar refractivity (Wildman–Crippen MR) is 277 cm³/mol. The van der Waals surface area contributed by atoms with Crippen LogP contribution in [0.1, 0.15) is 153 Å². The summed E-state index contributed by atoms with van der Waals surface area (Å²) in [5.41, 5.74) is 2.27. The molecule has 0 bridgehead atoms. The minimum Gasteiger partial charge on any atom is -0.494 e. The summed E-state index contributed by atoms with van der Waals surface area (Å²) in [6.07, 6.45) is 19.7. The fraction of sp³-hybridized carbons (Fsp3) is 0.526. The van der Waals surface area contributed by atoms with Crippen molar-refractivity contribution in [3.05, 3.63) is 108 Å². The van der Waals surface area contributed by atoms with E-state index in [1.54, 1.807) is 0 Å². The molecule has 0 saturated carbocycles. The van der Waals surface area contributed by atoms with E-state index in [4.69, 9.17) is 58.9 Å². The number of benzene rings is 4. The molecule has 4 aromatic carbocycles. The summed E-state index contributed by atoms with van der Waals surface area (Å²) in [5, 5.41) is 23.7. The van der Waals surface area contributed by atoms with E-state index in [2.05, 4.69) is 0 Å². The summed E-state index contributed by atoms with van der Waals surface area (Å²) in [6.45, 7) is 11.1. The first-order chi connectivity index (χ1) is 33.9. The molecule has 0 aliphatic rings. The fourth-order valence-corrected chi connectivity index (χ4v) is 7.46. The third-order valence-electron chi connectivity index (χ3n) is 11.3. The van der Waals surface area contributed by atoms with E-state index in [-0.39, 0.29) is 17.7 Å². The first-order valence-corrected chi connectivity index (χ1v) is 25.8. The lowest BCUT2D eigenvalue weighted by Crippen LogP contribution is -2.04. The second-order valence-corrected chi connectivity index (χ2v) is 17.0. The Kier molecular flexibility index (Phi) is 28.4. The Morgan fingerprint density at radius 3 is 0.667 bits per heavy atom. The summed E-state index contributed by atoms with van der Waals surface area (Å²) in [7, 11) is 0. The zero-order valence-corrected chi connectivity index (χ0v) is 41.9. The molecule has 0 aliphatic heterocycles. The Bertz CT molecular complexity index is 1750. The molecule has 0 atom stereocenters. The maximum atomic E-state index is 7.91. The van der Waals surface area contributed by atoms with Gasteiger partial charge in [-0.3, -0.25) is 16.2 Å². The van der Waals surface area contributed by atoms with Gasteiger partial charge in [-0.25, -0.2) is 0 Å². The molecule has 0 amide bonds. The van der Waals surface area contributed by atoms with E-state index in [0.717, 1.165) is 167 Å². The Hall–Kier alpha value is -5.91. The van der Waals surface area contributed by atoms with Crippen LogP contribution >= 0.6 is 0 Å². The summed E-state index contributed by atoms with van der Waals surface area (Å²) in [4.78, 5) is 0. The zero-order valence-electron chi connectivity index (χ0n) is 41.9. The van der Waals surface area contributed by atoms with Crippen molar-refractivity contribution in [1.82, 2.24) is 0 Å². The summed E-state index contributed by atoms with van der Waals surface area (Å²) < 4.78 is 52.3. The minimum absolute atomic E-state index is 0.187. The van der Waals surface area contributed by atoms with Gasteiger partial charge in [0, 0.05) is 34.9 Å². The normalized spacial score (nSPS) is 10.8. The van der Waals surface area contributed by atoms with Crippen molar-refractivity contribution in [2.45, 2.75) is 136 Å². The van der Waals surface area contributed by atoms with Gasteiger partial charge in [0.25, 0.3) is 0 Å². The van der Waals surface area contributed by atoms with E-state index < -0.39 is 0 Å². The van der Waals surface area contributed by atoms with E-state index >= 15 is 0 Å². The summed E-state index contributed by atoms with van der Waals surface area (Å²) in [5.74, 6) is 5.38. The standard InChI is InChI=1S/C57H81N3O9/c1-4-61-55(58)46-25-31-49(32-26-46)64-37-19-13-7-10-16-22-40-67-52-43-53(68-41-23-17-11-8-14-20-38-65-50-33-27-47(28-34-50)56(59)62-5-2)45-54(44-52)69-42-24-18-12-9-15-21-39-66-51-35-29-48(30-36-51)57(60)63-6-3/h25-36,43-45,58-60H,4-24,37-42H2,1-3H3. The third-order valence-corrected chi connectivity index (χ3v) is 11.3. The second kappa shape index (κ2) is 35.2. The summed E-state index contributed by atoms with van der Waals surface area (Å²) in [6, 6.07) is 28.6. The van der Waals surface area contributed by atoms with E-state index in [1.165, 1.54) is 0 Å². The third kappa shape index (κ3) is 24.3. The minimum atomic E-state index is 0.187. The van der Waals surface area contributed by atoms with Crippen molar-refractivity contribution in [1.29, 1.82) is 16.2 Å². The van der Waals surface area contributed by atoms with Gasteiger partial charge in [-0.2, -0.15) is 0 Å². The van der Waals surface area contributed by atoms with Crippen LogP contribution < -0.4 is 28.4 Å². The van der Waals surface area contributed by atoms with Gasteiger partial charge in [-0.15, -0.1) is 0 Å². The molecule has 3 N–H and O–H groups in total. The molecule has 0 aliphatic carbocycles. The topological polar surface area (TPSA) is 155 Å². The fourth-order valence-electron chi connectivity index (χ4n) is 7.46. The smallest absolute Gasteiger partial charge is 0.213 e. The van der Waals surface area contributed by atoms with Crippen molar-refractivity contribution in [3.8, 4) is 34.5 Å². The van der Waals surface area contributed by atoms with Crippen molar-refractivity contribution in [2.75, 3.05) is 59.5 Å². The highest BCUT2D eigenvalue weighted by Gasteiger charge is 2.08. The van der Waals surface area contributed by atoms with Crippen LogP contribution in [0.15, 0.2) is 91.0 Å². The van der Waals surface area contributed by atoms with Gasteiger partial charge in [-0.05, 0) is 132 Å². The quantitative estimate of drug-likeness (QED) is 0.0225. The highest BCUT2D eigenvalue weighted by molar-refractivity contribution is 5.92. The van der Waals surface area contributed by atoms with Gasteiger partial charge in [-0.1, -0.05) is 77.0 Å². The van der Waals surface area contributed by atoms with Crippen LogP contribution in [0, 0.1) is 16.2 Å². The molecular formula is C57H81N3O9. The van der Waals surface area contributed by atoms with E-state index in [9.17, 15) is 0 Å². The van der Waals surface area contributed by atoms with Crippen LogP contribution in [0.3, 0.4) is 0 Å². The lowest BCUT2D eigenvalue weighted by molar-refractivity contribution is 0.274. The van der Waals surface area contributed by atoms with Crippen molar-refractivity contribution in [3.63, 3.8) is 0 Å². The number of ether oxygens (including phenoxy) is 9. The van der Waals surface area contributed by atoms with Gasteiger partial charge in [0.05, 0.1) is 59.5 Å². The van der Waals surface area contributed by atoms with Crippen LogP contribution in [0.25, 0.3) is 0 Å². The van der Waals surface area contributed by atoms with Crippen molar-refractivity contribution < 1.29 is 42.6 Å². The van der Waals surface area contributed by atoms with Gasteiger partial charge in [0.1, 0.15) is 34.5 Å². The number of hydrogen-bond donors (Lipinski definition) is 3. The second-order valence-electron chi connectivity index (χ2n) is 17.0. The number of hydrogen-bond acceptors (Lipinski definition) is 12. The lowest BCUT2D eigenvalue weighted by Gasteiger charge is -2.14. The highest BCUT2D eigenvalue weighted by atomic mass is 16.5. The molecule has 4 aromatic rings. The Balaban J connectivity index is 1.09. The average Bonchev–Trinajstić information content (AvgIpc) is 3.36. The molecular weight excluding hydrogens is 871 g/mol. The van der Waals surface area contributed by atoms with Gasteiger partial charge >= 0.3 is 0 Å². The maximum Gasteiger partial charge on any atom is 0.213 e. The molecule has 0 saturated heterocycles. The molecule has 0 fully saturated rings. The first kappa shape index (κ1) is 55.7. The SMILES string of the molecule is CCOC(=N)c1ccc(OCCCCCCCCOc2cc(OCCCCCCCCOc3ccc(C(=N)OCC)cc3)cc(OCCCCCCCCOc3ccc(C(=N)OCC)cc3)c2)cc1. The van der Waals surface area contributed by atoms with Gasteiger partial charge in [0.2, 0.25) is 17.7 Å². The molecule has 0 spiro atoms. The van der Waals surface area contributed by atoms with E-state index in [1.807, 2.05) is 112 Å². The molecule has 69 heavy (non-hydrogen) atoms. The largest absolute Gasteiger partial charge is 0.494 e. The Labute approximate surface area is 413 Å². The molecule has 4 rings (SSSR count). The van der Waals surface area contributed by atoms with Crippen molar-refractivity contribution >= 4 is 17.7 Å². The van der Waals surface area contributed by atoms with Crippen LogP contribution in [-0.4, -0.2) is 77.2 Å². The molecule has 12 heteroatoms.